The molecule has 2 heterocycles. The first-order chi connectivity index (χ1) is 30.6. The molecule has 14 nitrogen and oxygen atoms in total. The topological polar surface area (TPSA) is 255 Å². The van der Waals surface area contributed by atoms with Crippen LogP contribution in [0.4, 0.5) is 0 Å². The van der Waals surface area contributed by atoms with Crippen LogP contribution in [0.5, 0.6) is 0 Å². The molecule has 0 amide bonds. The second kappa shape index (κ2) is 36.5. The van der Waals surface area contributed by atoms with Crippen LogP contribution in [0.1, 0.15) is 52.6 Å². The van der Waals surface area contributed by atoms with Crippen molar-refractivity contribution >= 4 is 47.0 Å². The van der Waals surface area contributed by atoms with Crippen molar-refractivity contribution in [3.05, 3.63) is 240 Å². The molecule has 0 unspecified atom stereocenters. The number of pyridine rings is 2. The Morgan fingerprint density at radius 1 is 0.303 bits per heavy atom. The number of aryl methyl sites for hydroxylation is 2. The molecule has 0 atom stereocenters. The Kier molecular flexibility index (Phi) is 33.2. The fraction of sp³-hybridized carbons (Fsp3) is 0.0400. The van der Waals surface area contributed by atoms with Crippen LogP contribution in [0.15, 0.2) is 207 Å². The molecule has 16 heteroatoms. The van der Waals surface area contributed by atoms with Crippen LogP contribution in [0.25, 0.3) is 0 Å². The molecule has 0 aliphatic carbocycles. The van der Waals surface area contributed by atoms with E-state index in [9.17, 15) is 58.8 Å². The first-order valence-electron chi connectivity index (χ1n) is 18.6. The summed E-state index contributed by atoms with van der Waals surface area (Å²) in [5.41, 5.74) is 3.00. The number of nitrogens with zero attached hydrogens (tertiary/aromatic N) is 2. The van der Waals surface area contributed by atoms with E-state index < -0.39 is 47.0 Å². The third kappa shape index (κ3) is 27.8. The van der Waals surface area contributed by atoms with Gasteiger partial charge in [0, 0.05) is 47.0 Å². The van der Waals surface area contributed by atoms with Gasteiger partial charge in [0.15, 0.2) is 0 Å². The van der Waals surface area contributed by atoms with Crippen molar-refractivity contribution in [1.82, 2.24) is 9.97 Å². The monoisotopic (exact) mass is 986 g/mol. The summed E-state index contributed by atoms with van der Waals surface area (Å²) in [7, 11) is 0. The number of carboxylic acids is 4. The van der Waals surface area contributed by atoms with E-state index in [0.29, 0.717) is 0 Å². The predicted molar refractivity (Wildman–Crippen MR) is 228 cm³/mol. The fourth-order valence-electron chi connectivity index (χ4n) is 4.11. The zero-order valence-electron chi connectivity index (χ0n) is 35.0. The van der Waals surface area contributed by atoms with Crippen molar-refractivity contribution < 1.29 is 92.9 Å². The SMILES string of the molecule is Cc1cccnc1.Cc1cccnc1.O=C([O-])C(=O)c1ccccc1.O=C([O-])C(=O)c1ccccc1.O=C([O-])C(=O)c1ccccc1.O=C([O-])C(=O)c1ccccc1.[Cu+2].[Cu+2].c1ccccc1. The molecule has 0 spiro atoms. The zero-order valence-corrected chi connectivity index (χ0v) is 36.9. The second-order valence-electron chi connectivity index (χ2n) is 12.1. The van der Waals surface area contributed by atoms with Gasteiger partial charge in [-0.15, -0.1) is 0 Å². The molecule has 0 saturated carbocycles. The molecule has 0 aliphatic rings. The average molecular weight is 988 g/mol. The molecule has 7 rings (SSSR count). The van der Waals surface area contributed by atoms with Gasteiger partial charge in [0.2, 0.25) is 23.1 Å². The van der Waals surface area contributed by atoms with Crippen molar-refractivity contribution in [1.29, 1.82) is 0 Å². The van der Waals surface area contributed by atoms with Crippen LogP contribution in [-0.2, 0) is 53.3 Å². The Bertz CT molecular complexity index is 2160. The number of carbonyl (C=O) groups is 8. The van der Waals surface area contributed by atoms with E-state index in [1.54, 1.807) is 85.2 Å². The molecule has 66 heavy (non-hydrogen) atoms. The molecule has 5 aromatic carbocycles. The number of aliphatic carboxylic acids is 4. The van der Waals surface area contributed by atoms with E-state index in [1.165, 1.54) is 59.7 Å². The Hall–Kier alpha value is -8.00. The van der Waals surface area contributed by atoms with Crippen molar-refractivity contribution in [3.63, 3.8) is 0 Å². The van der Waals surface area contributed by atoms with Crippen LogP contribution in [0, 0.1) is 13.8 Å². The van der Waals surface area contributed by atoms with Crippen LogP contribution < -0.4 is 20.4 Å². The zero-order chi connectivity index (χ0) is 47.5. The maximum Gasteiger partial charge on any atom is 2.00 e. The molecule has 7 aromatic rings. The number of ketones is 4. The Morgan fingerprint density at radius 2 is 0.485 bits per heavy atom. The van der Waals surface area contributed by atoms with Gasteiger partial charge >= 0.3 is 34.1 Å². The Morgan fingerprint density at radius 3 is 0.606 bits per heavy atom. The average Bonchev–Trinajstić information content (AvgIpc) is 3.34. The Balaban J connectivity index is 0. The van der Waals surface area contributed by atoms with E-state index in [-0.39, 0.29) is 56.4 Å². The van der Waals surface area contributed by atoms with Crippen LogP contribution in [-0.4, -0.2) is 57.0 Å². The molecule has 0 saturated heterocycles. The van der Waals surface area contributed by atoms with Crippen molar-refractivity contribution in [2.45, 2.75) is 13.8 Å². The van der Waals surface area contributed by atoms with E-state index in [1.807, 2.05) is 86.9 Å². The van der Waals surface area contributed by atoms with Gasteiger partial charge in [-0.25, -0.2) is 0 Å². The first kappa shape index (κ1) is 60.1. The molecule has 2 radical (unpaired) electrons. The maximum absolute atomic E-state index is 10.7. The minimum atomic E-state index is -1.67. The van der Waals surface area contributed by atoms with Gasteiger partial charge in [-0.3, -0.25) is 29.1 Å². The van der Waals surface area contributed by atoms with Gasteiger partial charge in [0.1, 0.15) is 23.9 Å². The number of hydrogen-bond donors (Lipinski definition) is 0. The summed E-state index contributed by atoms with van der Waals surface area (Å²) in [4.78, 5) is 90.7. The number of carbonyl (C=O) groups excluding carboxylic acids is 8. The van der Waals surface area contributed by atoms with E-state index in [0.717, 1.165) is 0 Å². The van der Waals surface area contributed by atoms with Crippen molar-refractivity contribution in [3.8, 4) is 0 Å². The fourth-order valence-corrected chi connectivity index (χ4v) is 4.11. The van der Waals surface area contributed by atoms with Crippen LogP contribution in [0.3, 0.4) is 0 Å². The predicted octanol–water partition coefficient (Wildman–Crippen LogP) is 2.94. The van der Waals surface area contributed by atoms with Crippen LogP contribution >= 0.6 is 0 Å². The molecule has 2 aromatic heterocycles. The molecule has 0 bridgehead atoms. The van der Waals surface area contributed by atoms with E-state index in [2.05, 4.69) is 9.97 Å². The maximum atomic E-state index is 10.7. The summed E-state index contributed by atoms with van der Waals surface area (Å²) in [6, 6.07) is 50.9. The third-order valence-electron chi connectivity index (χ3n) is 7.17. The quantitative estimate of drug-likeness (QED) is 0.121. The Labute approximate surface area is 402 Å². The summed E-state index contributed by atoms with van der Waals surface area (Å²) < 4.78 is 0. The standard InChI is InChI=1S/4C8H6O3.2C6H7N.C6H6.2Cu/c4*9-7(8(10)11)6-4-2-1-3-5-6;2*1-6-3-2-4-7-5-6;1-2-4-6-5-3-1;;/h4*1-5H,(H,10,11);2*2-5H,1H3;1-6H;;/q;;;;;;;2*+2/p-4. The van der Waals surface area contributed by atoms with Gasteiger partial charge < -0.3 is 39.6 Å². The van der Waals surface area contributed by atoms with Crippen LogP contribution in [0.2, 0.25) is 0 Å². The number of aromatic nitrogens is 2. The number of Topliss-reactive ketones (excluding diaryl/α,β-unsaturated/α-hetero) is 4. The molecule has 0 aliphatic heterocycles. The van der Waals surface area contributed by atoms with E-state index >= 15 is 0 Å². The summed E-state index contributed by atoms with van der Waals surface area (Å²) in [6.07, 6.45) is 7.21. The van der Waals surface area contributed by atoms with E-state index in [4.69, 9.17) is 0 Å². The minimum absolute atomic E-state index is 0. The third-order valence-corrected chi connectivity index (χ3v) is 7.17. The number of hydrogen-bond acceptors (Lipinski definition) is 14. The van der Waals surface area contributed by atoms with Crippen molar-refractivity contribution in [2.24, 2.45) is 0 Å². The molecular formula is C50H40Cu2N2O12. The summed E-state index contributed by atoms with van der Waals surface area (Å²) >= 11 is 0. The molecule has 344 valence electrons. The largest absolute Gasteiger partial charge is 2.00 e. The normalized spacial score (nSPS) is 8.64. The molecule has 0 N–H and O–H groups in total. The minimum Gasteiger partial charge on any atom is -0.541 e. The summed E-state index contributed by atoms with van der Waals surface area (Å²) in [5, 5.41) is 40.2. The second-order valence-corrected chi connectivity index (χ2v) is 12.1. The van der Waals surface area contributed by atoms with Gasteiger partial charge in [0.05, 0.1) is 0 Å². The first-order valence-corrected chi connectivity index (χ1v) is 18.6. The summed E-state index contributed by atoms with van der Waals surface area (Å²) in [5.74, 6) is -10.6. The van der Waals surface area contributed by atoms with Gasteiger partial charge in [-0.1, -0.05) is 170 Å². The molecule has 0 fully saturated rings. The van der Waals surface area contributed by atoms with Gasteiger partial charge in [0.25, 0.3) is 0 Å². The number of carboxylic acid groups (broad SMARTS) is 4. The smallest absolute Gasteiger partial charge is 0.541 e. The van der Waals surface area contributed by atoms with Gasteiger partial charge in [-0.2, -0.15) is 0 Å². The number of benzene rings is 5. The summed E-state index contributed by atoms with van der Waals surface area (Å²) in [6.45, 7) is 4.04. The van der Waals surface area contributed by atoms with Gasteiger partial charge in [-0.05, 0) is 37.1 Å². The van der Waals surface area contributed by atoms with Crippen molar-refractivity contribution in [2.75, 3.05) is 0 Å². The number of rotatable bonds is 8. The molecular weight excluding hydrogens is 948 g/mol.